The fourth-order valence-corrected chi connectivity index (χ4v) is 2.45. The molecule has 0 saturated heterocycles. The summed E-state index contributed by atoms with van der Waals surface area (Å²) in [6.45, 7) is 0.377. The van der Waals surface area contributed by atoms with Gasteiger partial charge in [0.1, 0.15) is 11.8 Å². The first kappa shape index (κ1) is 15.3. The van der Waals surface area contributed by atoms with E-state index in [1.165, 1.54) is 6.26 Å². The lowest BCUT2D eigenvalue weighted by Crippen LogP contribution is -2.32. The third-order valence-electron chi connectivity index (χ3n) is 3.54. The Morgan fingerprint density at radius 1 is 1.04 bits per heavy atom. The minimum atomic E-state index is -0.634. The number of halogens is 1. The van der Waals surface area contributed by atoms with Crippen molar-refractivity contribution in [3.05, 3.63) is 70.9 Å². The quantitative estimate of drug-likeness (QED) is 0.575. The average Bonchev–Trinajstić information content (AvgIpc) is 3.00. The molecule has 1 aromatic heterocycles. The summed E-state index contributed by atoms with van der Waals surface area (Å²) < 4.78 is 5.29. The highest BCUT2D eigenvalue weighted by atomic mass is 35.5. The summed E-state index contributed by atoms with van der Waals surface area (Å²) in [6, 6.07) is 14.5. The fourth-order valence-electron chi connectivity index (χ4n) is 2.33. The molecule has 0 atom stereocenters. The summed E-state index contributed by atoms with van der Waals surface area (Å²) in [5.74, 6) is -1.23. The van der Waals surface area contributed by atoms with Crippen molar-refractivity contribution in [2.24, 2.45) is 0 Å². The number of nitrogens with one attached hydrogen (secondary N) is 1. The number of Topliss-reactive ketones (excluding diaryl/α,β-unsaturated/α-hetero) is 1. The molecule has 1 N–H and O–H groups in total. The number of hydrogen-bond acceptors (Lipinski definition) is 3. The Morgan fingerprint density at radius 2 is 1.78 bits per heavy atom. The number of carbonyl (C=O) groups excluding carboxylic acids is 2. The molecule has 3 aromatic rings. The monoisotopic (exact) mass is 327 g/mol. The predicted molar refractivity (Wildman–Crippen MR) is 88.7 cm³/mol. The van der Waals surface area contributed by atoms with Crippen LogP contribution in [-0.4, -0.2) is 18.2 Å². The Morgan fingerprint density at radius 3 is 2.57 bits per heavy atom. The maximum Gasteiger partial charge on any atom is 0.292 e. The molecule has 1 heterocycles. The molecule has 23 heavy (non-hydrogen) atoms. The van der Waals surface area contributed by atoms with Crippen LogP contribution in [0.2, 0.25) is 5.02 Å². The zero-order chi connectivity index (χ0) is 16.2. The summed E-state index contributed by atoms with van der Waals surface area (Å²) in [4.78, 5) is 24.2. The molecule has 1 amide bonds. The fraction of sp³-hybridized carbons (Fsp3) is 0.111. The van der Waals surface area contributed by atoms with Gasteiger partial charge in [0.15, 0.2) is 0 Å². The van der Waals surface area contributed by atoms with Crippen LogP contribution in [0.15, 0.2) is 59.2 Å². The van der Waals surface area contributed by atoms with Crippen LogP contribution in [0, 0.1) is 0 Å². The van der Waals surface area contributed by atoms with Gasteiger partial charge in [-0.3, -0.25) is 9.59 Å². The molecular weight excluding hydrogens is 314 g/mol. The summed E-state index contributed by atoms with van der Waals surface area (Å²) in [5, 5.41) is 3.95. The molecule has 0 radical (unpaired) electrons. The van der Waals surface area contributed by atoms with Crippen molar-refractivity contribution >= 4 is 34.3 Å². The first-order valence-corrected chi connectivity index (χ1v) is 7.56. The maximum atomic E-state index is 12.2. The van der Waals surface area contributed by atoms with Gasteiger partial charge in [-0.2, -0.15) is 0 Å². The van der Waals surface area contributed by atoms with Gasteiger partial charge in [0.05, 0.1) is 5.56 Å². The number of rotatable bonds is 5. The van der Waals surface area contributed by atoms with E-state index >= 15 is 0 Å². The molecule has 5 heteroatoms. The summed E-state index contributed by atoms with van der Waals surface area (Å²) in [6.07, 6.45) is 1.95. The number of carbonyl (C=O) groups is 2. The van der Waals surface area contributed by atoms with Crippen LogP contribution in [0.4, 0.5) is 0 Å². The normalized spacial score (nSPS) is 10.7. The lowest BCUT2D eigenvalue weighted by molar-refractivity contribution is -0.116. The van der Waals surface area contributed by atoms with E-state index < -0.39 is 11.7 Å². The number of benzene rings is 2. The number of fused-ring (bicyclic) bond motifs is 1. The molecule has 0 spiro atoms. The summed E-state index contributed by atoms with van der Waals surface area (Å²) in [7, 11) is 0. The average molecular weight is 328 g/mol. The first-order valence-electron chi connectivity index (χ1n) is 7.18. The second-order valence-electron chi connectivity index (χ2n) is 5.11. The number of furan rings is 1. The minimum absolute atomic E-state index is 0.282. The van der Waals surface area contributed by atoms with Crippen molar-refractivity contribution in [1.82, 2.24) is 5.32 Å². The zero-order valence-corrected chi connectivity index (χ0v) is 13.0. The zero-order valence-electron chi connectivity index (χ0n) is 12.2. The van der Waals surface area contributed by atoms with Gasteiger partial charge in [-0.05, 0) is 30.2 Å². The van der Waals surface area contributed by atoms with E-state index in [1.807, 2.05) is 18.2 Å². The van der Waals surface area contributed by atoms with Crippen molar-refractivity contribution in [1.29, 1.82) is 0 Å². The Bertz CT molecular complexity index is 852. The number of hydrogen-bond donors (Lipinski definition) is 1. The van der Waals surface area contributed by atoms with Crippen LogP contribution in [-0.2, 0) is 11.2 Å². The van der Waals surface area contributed by atoms with E-state index in [4.69, 9.17) is 16.0 Å². The first-order chi connectivity index (χ1) is 11.1. The molecule has 2 aromatic carbocycles. The second-order valence-corrected chi connectivity index (χ2v) is 5.54. The third kappa shape index (κ3) is 3.43. The van der Waals surface area contributed by atoms with Crippen molar-refractivity contribution < 1.29 is 14.0 Å². The van der Waals surface area contributed by atoms with Gasteiger partial charge in [0.25, 0.3) is 11.7 Å². The number of ketones is 1. The van der Waals surface area contributed by atoms with Crippen LogP contribution in [0.5, 0.6) is 0 Å². The lowest BCUT2D eigenvalue weighted by Gasteiger charge is -2.04. The molecule has 0 unspecified atom stereocenters. The molecule has 116 valence electrons. The van der Waals surface area contributed by atoms with E-state index in [1.54, 1.807) is 30.3 Å². The number of para-hydroxylation sites is 1. The highest BCUT2D eigenvalue weighted by Crippen LogP contribution is 2.21. The molecule has 0 bridgehead atoms. The molecule has 0 aliphatic heterocycles. The van der Waals surface area contributed by atoms with Gasteiger partial charge >= 0.3 is 0 Å². The third-order valence-corrected chi connectivity index (χ3v) is 3.80. The van der Waals surface area contributed by atoms with Gasteiger partial charge in [-0.1, -0.05) is 41.9 Å². The minimum Gasteiger partial charge on any atom is -0.464 e. The largest absolute Gasteiger partial charge is 0.464 e. The molecule has 0 aliphatic carbocycles. The molecule has 0 fully saturated rings. The highest BCUT2D eigenvalue weighted by molar-refractivity contribution is 6.44. The van der Waals surface area contributed by atoms with Crippen molar-refractivity contribution in [3.8, 4) is 0 Å². The maximum absolute atomic E-state index is 12.2. The van der Waals surface area contributed by atoms with Crippen LogP contribution < -0.4 is 5.32 Å². The van der Waals surface area contributed by atoms with Crippen molar-refractivity contribution in [2.45, 2.75) is 6.42 Å². The standard InChI is InChI=1S/C18H14ClNO3/c19-13-7-5-12(6-8-13)9-10-20-18(22)17(21)15-11-23-16-4-2-1-3-14(15)16/h1-8,11H,9-10H2,(H,20,22). The Balaban J connectivity index is 1.61. The van der Waals surface area contributed by atoms with Gasteiger partial charge in [0, 0.05) is 17.0 Å². The van der Waals surface area contributed by atoms with E-state index in [2.05, 4.69) is 5.32 Å². The SMILES string of the molecule is O=C(NCCc1ccc(Cl)cc1)C(=O)c1coc2ccccc12. The van der Waals surface area contributed by atoms with E-state index in [0.717, 1.165) is 5.56 Å². The van der Waals surface area contributed by atoms with Crippen LogP contribution >= 0.6 is 11.6 Å². The van der Waals surface area contributed by atoms with Crippen LogP contribution in [0.1, 0.15) is 15.9 Å². The Kier molecular flexibility index (Phi) is 4.44. The molecular formula is C18H14ClNO3. The highest BCUT2D eigenvalue weighted by Gasteiger charge is 2.20. The predicted octanol–water partition coefficient (Wildman–Crippen LogP) is 3.63. The smallest absolute Gasteiger partial charge is 0.292 e. The van der Waals surface area contributed by atoms with E-state index in [9.17, 15) is 9.59 Å². The topological polar surface area (TPSA) is 59.3 Å². The van der Waals surface area contributed by atoms with Gasteiger partial charge in [-0.25, -0.2) is 0 Å². The van der Waals surface area contributed by atoms with Gasteiger partial charge in [-0.15, -0.1) is 0 Å². The van der Waals surface area contributed by atoms with E-state index in [-0.39, 0.29) is 5.56 Å². The van der Waals surface area contributed by atoms with Crippen molar-refractivity contribution in [3.63, 3.8) is 0 Å². The summed E-state index contributed by atoms with van der Waals surface area (Å²) >= 11 is 5.82. The van der Waals surface area contributed by atoms with Gasteiger partial charge < -0.3 is 9.73 Å². The molecule has 3 rings (SSSR count). The van der Waals surface area contributed by atoms with Crippen LogP contribution in [0.3, 0.4) is 0 Å². The summed E-state index contributed by atoms with van der Waals surface area (Å²) in [5.41, 5.74) is 1.91. The Hall–Kier alpha value is -2.59. The van der Waals surface area contributed by atoms with Crippen LogP contribution in [0.25, 0.3) is 11.0 Å². The van der Waals surface area contributed by atoms with E-state index in [0.29, 0.717) is 29.0 Å². The lowest BCUT2D eigenvalue weighted by atomic mass is 10.1. The molecule has 4 nitrogen and oxygen atoms in total. The molecule has 0 aliphatic rings. The van der Waals surface area contributed by atoms with Crippen molar-refractivity contribution in [2.75, 3.05) is 6.54 Å². The van der Waals surface area contributed by atoms with Gasteiger partial charge in [0.2, 0.25) is 0 Å². The molecule has 0 saturated carbocycles. The second kappa shape index (κ2) is 6.67. The Labute approximate surface area is 138 Å². The number of amides is 1.